The molecule has 0 atom stereocenters. The lowest BCUT2D eigenvalue weighted by Crippen LogP contribution is -2.19. The summed E-state index contributed by atoms with van der Waals surface area (Å²) in [7, 11) is 0. The zero-order valence-corrected chi connectivity index (χ0v) is 11.9. The number of nitrogens with one attached hydrogen (secondary N) is 1. The number of anilines is 1. The molecule has 1 aliphatic rings. The highest BCUT2D eigenvalue weighted by molar-refractivity contribution is 8.00. The first-order valence-electron chi connectivity index (χ1n) is 6.36. The number of amides is 1. The molecule has 106 valence electrons. The number of benzene rings is 1. The minimum atomic E-state index is -0.437. The topological polar surface area (TPSA) is 68.3 Å². The Kier molecular flexibility index (Phi) is 3.87. The molecule has 1 aromatic carbocycles. The average Bonchev–Trinajstić information content (AvgIpc) is 2.53. The van der Waals surface area contributed by atoms with Gasteiger partial charge in [0.25, 0.3) is 0 Å². The number of pyridine rings is 1. The van der Waals surface area contributed by atoms with Gasteiger partial charge in [-0.2, -0.15) is 0 Å². The lowest BCUT2D eigenvalue weighted by molar-refractivity contribution is -0.113. The quantitative estimate of drug-likeness (QED) is 0.882. The van der Waals surface area contributed by atoms with Crippen LogP contribution in [0.2, 0.25) is 0 Å². The van der Waals surface area contributed by atoms with Gasteiger partial charge in [-0.05, 0) is 30.3 Å². The summed E-state index contributed by atoms with van der Waals surface area (Å²) in [5.41, 5.74) is 1.75. The molecule has 2 heterocycles. The summed E-state index contributed by atoms with van der Waals surface area (Å²) in [4.78, 5) is 28.4. The molecule has 0 bridgehead atoms. The monoisotopic (exact) mass is 300 g/mol. The van der Waals surface area contributed by atoms with E-state index >= 15 is 0 Å². The Morgan fingerprint density at radius 1 is 1.33 bits per heavy atom. The summed E-state index contributed by atoms with van der Waals surface area (Å²) in [6, 6.07) is 10.6. The third-order valence-electron chi connectivity index (χ3n) is 2.93. The van der Waals surface area contributed by atoms with Crippen molar-refractivity contribution in [3.63, 3.8) is 0 Å². The van der Waals surface area contributed by atoms with Gasteiger partial charge in [-0.3, -0.25) is 9.78 Å². The third-order valence-corrected chi connectivity index (χ3v) is 4.00. The number of rotatable bonds is 3. The molecule has 6 heteroatoms. The number of esters is 1. The molecule has 0 radical (unpaired) electrons. The molecule has 0 unspecified atom stereocenters. The Morgan fingerprint density at radius 2 is 2.24 bits per heavy atom. The predicted molar refractivity (Wildman–Crippen MR) is 79.2 cm³/mol. The van der Waals surface area contributed by atoms with E-state index in [0.717, 1.165) is 4.90 Å². The van der Waals surface area contributed by atoms with E-state index in [1.165, 1.54) is 11.8 Å². The molecular weight excluding hydrogens is 288 g/mol. The molecule has 1 aromatic heterocycles. The van der Waals surface area contributed by atoms with E-state index in [9.17, 15) is 9.59 Å². The number of hydrogen-bond donors (Lipinski definition) is 1. The highest BCUT2D eigenvalue weighted by Gasteiger charge is 2.17. The number of hydrogen-bond acceptors (Lipinski definition) is 5. The van der Waals surface area contributed by atoms with E-state index in [1.54, 1.807) is 30.5 Å². The predicted octanol–water partition coefficient (Wildman–Crippen LogP) is 2.48. The smallest absolute Gasteiger partial charge is 0.338 e. The number of nitrogens with zero attached hydrogens (tertiary/aromatic N) is 1. The zero-order chi connectivity index (χ0) is 14.7. The lowest BCUT2D eigenvalue weighted by Gasteiger charge is -2.16. The van der Waals surface area contributed by atoms with E-state index < -0.39 is 5.97 Å². The number of carbonyl (C=O) groups is 2. The third kappa shape index (κ3) is 3.22. The number of fused-ring (bicyclic) bond motifs is 1. The van der Waals surface area contributed by atoms with Crippen molar-refractivity contribution in [2.75, 3.05) is 11.1 Å². The standard InChI is InChI=1S/C15H12N2O3S/c18-14-9-21-13-5-4-10(7-12(13)17-14)15(19)20-8-11-3-1-2-6-16-11/h1-7H,8-9H2,(H,17,18). The van der Waals surface area contributed by atoms with Gasteiger partial charge in [0.1, 0.15) is 6.61 Å². The molecule has 1 aliphatic heterocycles. The first-order valence-corrected chi connectivity index (χ1v) is 7.35. The summed E-state index contributed by atoms with van der Waals surface area (Å²) < 4.78 is 5.21. The van der Waals surface area contributed by atoms with E-state index in [-0.39, 0.29) is 12.5 Å². The molecule has 0 fully saturated rings. The molecule has 0 saturated heterocycles. The highest BCUT2D eigenvalue weighted by atomic mass is 32.2. The average molecular weight is 300 g/mol. The minimum absolute atomic E-state index is 0.0634. The zero-order valence-electron chi connectivity index (χ0n) is 11.0. The van der Waals surface area contributed by atoms with Gasteiger partial charge in [-0.1, -0.05) is 6.07 Å². The van der Waals surface area contributed by atoms with Crippen molar-refractivity contribution in [2.24, 2.45) is 0 Å². The Balaban J connectivity index is 1.70. The van der Waals surface area contributed by atoms with Crippen LogP contribution in [0.4, 0.5) is 5.69 Å². The van der Waals surface area contributed by atoms with Gasteiger partial charge >= 0.3 is 5.97 Å². The van der Waals surface area contributed by atoms with Crippen molar-refractivity contribution in [3.8, 4) is 0 Å². The normalized spacial score (nSPS) is 13.2. The van der Waals surface area contributed by atoms with Gasteiger partial charge in [0.05, 0.1) is 22.7 Å². The summed E-state index contributed by atoms with van der Waals surface area (Å²) >= 11 is 1.45. The molecule has 21 heavy (non-hydrogen) atoms. The van der Waals surface area contributed by atoms with Crippen LogP contribution in [-0.2, 0) is 16.1 Å². The van der Waals surface area contributed by atoms with Crippen molar-refractivity contribution < 1.29 is 14.3 Å². The van der Waals surface area contributed by atoms with Crippen molar-refractivity contribution in [1.29, 1.82) is 0 Å². The molecule has 0 saturated carbocycles. The van der Waals surface area contributed by atoms with Crippen LogP contribution in [0.1, 0.15) is 16.1 Å². The molecule has 2 aromatic rings. The van der Waals surface area contributed by atoms with Crippen LogP contribution in [-0.4, -0.2) is 22.6 Å². The molecule has 0 aliphatic carbocycles. The molecular formula is C15H12N2O3S. The number of thioether (sulfide) groups is 1. The summed E-state index contributed by atoms with van der Waals surface area (Å²) in [5, 5.41) is 2.75. The van der Waals surface area contributed by atoms with Gasteiger partial charge in [-0.15, -0.1) is 11.8 Å². The summed E-state index contributed by atoms with van der Waals surface area (Å²) in [6.07, 6.45) is 1.65. The Labute approximate surface area is 125 Å². The maximum atomic E-state index is 12.0. The second-order valence-corrected chi connectivity index (χ2v) is 5.46. The van der Waals surface area contributed by atoms with Crippen molar-refractivity contribution >= 4 is 29.3 Å². The number of aromatic nitrogens is 1. The van der Waals surface area contributed by atoms with Crippen LogP contribution in [0.15, 0.2) is 47.5 Å². The van der Waals surface area contributed by atoms with Crippen LogP contribution < -0.4 is 5.32 Å². The van der Waals surface area contributed by atoms with E-state index in [1.807, 2.05) is 12.1 Å². The second-order valence-electron chi connectivity index (χ2n) is 4.44. The van der Waals surface area contributed by atoms with Gasteiger partial charge < -0.3 is 10.1 Å². The van der Waals surface area contributed by atoms with Crippen LogP contribution in [0, 0.1) is 0 Å². The molecule has 5 nitrogen and oxygen atoms in total. The van der Waals surface area contributed by atoms with Crippen molar-refractivity contribution in [2.45, 2.75) is 11.5 Å². The van der Waals surface area contributed by atoms with E-state index in [0.29, 0.717) is 22.7 Å². The minimum Gasteiger partial charge on any atom is -0.456 e. The van der Waals surface area contributed by atoms with Gasteiger partial charge in [-0.25, -0.2) is 4.79 Å². The SMILES string of the molecule is O=C1CSc2ccc(C(=O)OCc3ccccn3)cc2N1. The fourth-order valence-corrected chi connectivity index (χ4v) is 2.70. The first-order chi connectivity index (χ1) is 10.2. The van der Waals surface area contributed by atoms with Crippen LogP contribution in [0.5, 0.6) is 0 Å². The molecule has 1 amide bonds. The van der Waals surface area contributed by atoms with Crippen LogP contribution >= 0.6 is 11.8 Å². The largest absolute Gasteiger partial charge is 0.456 e. The van der Waals surface area contributed by atoms with Crippen molar-refractivity contribution in [1.82, 2.24) is 4.98 Å². The summed E-state index contributed by atoms with van der Waals surface area (Å²) in [5.74, 6) is -0.101. The Morgan fingerprint density at radius 3 is 3.05 bits per heavy atom. The van der Waals surface area contributed by atoms with Gasteiger partial charge in [0.2, 0.25) is 5.91 Å². The fraction of sp³-hybridized carbons (Fsp3) is 0.133. The molecule has 3 rings (SSSR count). The van der Waals surface area contributed by atoms with E-state index in [2.05, 4.69) is 10.3 Å². The molecule has 0 spiro atoms. The number of ether oxygens (including phenoxy) is 1. The lowest BCUT2D eigenvalue weighted by atomic mass is 10.2. The highest BCUT2D eigenvalue weighted by Crippen LogP contribution is 2.32. The van der Waals surface area contributed by atoms with Crippen LogP contribution in [0.25, 0.3) is 0 Å². The van der Waals surface area contributed by atoms with Gasteiger partial charge in [0, 0.05) is 11.1 Å². The summed E-state index contributed by atoms with van der Waals surface area (Å²) in [6.45, 7) is 0.123. The molecule has 1 N–H and O–H groups in total. The number of carbonyl (C=O) groups excluding carboxylic acids is 2. The second kappa shape index (κ2) is 5.97. The Bertz CT molecular complexity index is 689. The van der Waals surface area contributed by atoms with Crippen molar-refractivity contribution in [3.05, 3.63) is 53.9 Å². The van der Waals surface area contributed by atoms with Gasteiger partial charge in [0.15, 0.2) is 0 Å². The Hall–Kier alpha value is -2.34. The van der Waals surface area contributed by atoms with Crippen LogP contribution in [0.3, 0.4) is 0 Å². The maximum Gasteiger partial charge on any atom is 0.338 e. The first kappa shape index (κ1) is 13.6. The van der Waals surface area contributed by atoms with E-state index in [4.69, 9.17) is 4.74 Å². The maximum absolute atomic E-state index is 12.0. The fourth-order valence-electron chi connectivity index (χ4n) is 1.92.